The zero-order chi connectivity index (χ0) is 20.7. The summed E-state index contributed by atoms with van der Waals surface area (Å²) in [5.74, 6) is 2.08. The molecule has 1 unspecified atom stereocenters. The van der Waals surface area contributed by atoms with Gasteiger partial charge in [-0.15, -0.1) is 4.37 Å². The zero-order valence-electron chi connectivity index (χ0n) is 16.9. The van der Waals surface area contributed by atoms with Gasteiger partial charge in [0, 0.05) is 43.9 Å². The number of piperidine rings is 1. The van der Waals surface area contributed by atoms with E-state index >= 15 is 0 Å². The monoisotopic (exact) mass is 428 g/mol. The molecule has 0 radical (unpaired) electrons. The van der Waals surface area contributed by atoms with Gasteiger partial charge in [-0.2, -0.15) is 4.98 Å². The van der Waals surface area contributed by atoms with Crippen LogP contribution in [-0.4, -0.2) is 68.5 Å². The summed E-state index contributed by atoms with van der Waals surface area (Å²) in [7, 11) is 3.62. The fourth-order valence-electron chi connectivity index (χ4n) is 4.78. The van der Waals surface area contributed by atoms with Gasteiger partial charge in [-0.3, -0.25) is 5.32 Å². The van der Waals surface area contributed by atoms with Gasteiger partial charge in [-0.05, 0) is 37.2 Å². The number of aromatic nitrogens is 5. The predicted octanol–water partition coefficient (Wildman–Crippen LogP) is 2.59. The molecule has 3 atom stereocenters. The van der Waals surface area contributed by atoms with Crippen molar-refractivity contribution >= 4 is 39.5 Å². The number of amides is 2. The zero-order valence-corrected chi connectivity index (χ0v) is 17.7. The number of rotatable bonds is 4. The summed E-state index contributed by atoms with van der Waals surface area (Å²) in [6, 6.07) is 2.59. The van der Waals surface area contributed by atoms with E-state index in [2.05, 4.69) is 41.6 Å². The summed E-state index contributed by atoms with van der Waals surface area (Å²) in [6.07, 6.45) is 6.70. The molecule has 10 nitrogen and oxygen atoms in total. The quantitative estimate of drug-likeness (QED) is 0.657. The molecule has 1 saturated carbocycles. The van der Waals surface area contributed by atoms with Gasteiger partial charge in [-0.25, -0.2) is 14.8 Å². The van der Waals surface area contributed by atoms with Gasteiger partial charge in [0.25, 0.3) is 0 Å². The van der Waals surface area contributed by atoms with E-state index in [0.29, 0.717) is 23.0 Å². The molecular formula is C19H24N8O2S. The number of H-pyrrole nitrogens is 1. The Bertz CT molecular complexity index is 1050. The molecule has 158 valence electrons. The van der Waals surface area contributed by atoms with E-state index in [1.165, 1.54) is 7.11 Å². The number of anilines is 2. The number of hydrogen-bond donors (Lipinski definition) is 2. The van der Waals surface area contributed by atoms with Crippen LogP contribution in [0.4, 0.5) is 15.7 Å². The third-order valence-electron chi connectivity index (χ3n) is 6.35. The van der Waals surface area contributed by atoms with Crippen molar-refractivity contribution in [3.63, 3.8) is 0 Å². The van der Waals surface area contributed by atoms with Crippen LogP contribution in [0.2, 0.25) is 0 Å². The SMILES string of the molecule is COc1nsc(NC(=O)N2CC[C@H]3CC(N(C)c4ncnc5[nH]ccc45)C[C@@H]3C2)n1. The molecule has 4 heterocycles. The van der Waals surface area contributed by atoms with Crippen molar-refractivity contribution in [1.29, 1.82) is 0 Å². The van der Waals surface area contributed by atoms with Crippen molar-refractivity contribution in [2.45, 2.75) is 25.3 Å². The fourth-order valence-corrected chi connectivity index (χ4v) is 5.31. The Kier molecular flexibility index (Phi) is 4.89. The number of nitrogens with one attached hydrogen (secondary N) is 2. The number of likely N-dealkylation sites (tertiary alicyclic amines) is 1. The molecule has 0 aromatic carbocycles. The number of carbonyl (C=O) groups excluding carboxylic acids is 1. The molecular weight excluding hydrogens is 404 g/mol. The molecule has 30 heavy (non-hydrogen) atoms. The Balaban J connectivity index is 1.24. The minimum atomic E-state index is -0.117. The molecule has 2 amide bonds. The number of aromatic amines is 1. The van der Waals surface area contributed by atoms with E-state index in [1.54, 1.807) is 6.33 Å². The molecule has 5 rings (SSSR count). The van der Waals surface area contributed by atoms with Crippen LogP contribution in [-0.2, 0) is 0 Å². The standard InChI is InChI=1S/C19H24N8O2S/c1-26(16-14-3-5-20-15(14)21-10-22-16)13-7-11-4-6-27(9-12(11)8-13)19(28)24-18-23-17(29-2)25-30-18/h3,5,10-13H,4,6-9H2,1-2H3,(H,20,21,22)(H,23,24,25,28)/t11-,12+,13?/m0/s1. The lowest BCUT2D eigenvalue weighted by Crippen LogP contribution is -2.44. The Labute approximate surface area is 177 Å². The number of methoxy groups -OCH3 is 1. The summed E-state index contributed by atoms with van der Waals surface area (Å²) in [4.78, 5) is 33.0. The van der Waals surface area contributed by atoms with Gasteiger partial charge in [0.1, 0.15) is 17.8 Å². The molecule has 1 aliphatic carbocycles. The van der Waals surface area contributed by atoms with Crippen LogP contribution in [0.25, 0.3) is 11.0 Å². The lowest BCUT2D eigenvalue weighted by molar-refractivity contribution is 0.154. The van der Waals surface area contributed by atoms with Crippen LogP contribution < -0.4 is 15.0 Å². The molecule has 1 aliphatic heterocycles. The summed E-state index contributed by atoms with van der Waals surface area (Å²) < 4.78 is 9.00. The van der Waals surface area contributed by atoms with Crippen LogP contribution in [0, 0.1) is 11.8 Å². The van der Waals surface area contributed by atoms with E-state index in [9.17, 15) is 4.79 Å². The van der Waals surface area contributed by atoms with Crippen molar-refractivity contribution in [3.8, 4) is 6.01 Å². The number of hydrogen-bond acceptors (Lipinski definition) is 8. The second-order valence-corrected chi connectivity index (χ2v) is 8.70. The first-order valence-corrected chi connectivity index (χ1v) is 10.8. The topological polar surface area (TPSA) is 112 Å². The second kappa shape index (κ2) is 7.71. The van der Waals surface area contributed by atoms with Gasteiger partial charge < -0.3 is 19.5 Å². The van der Waals surface area contributed by atoms with Crippen molar-refractivity contribution in [2.75, 3.05) is 37.5 Å². The Morgan fingerprint density at radius 3 is 3.07 bits per heavy atom. The van der Waals surface area contributed by atoms with Crippen molar-refractivity contribution in [2.24, 2.45) is 11.8 Å². The van der Waals surface area contributed by atoms with E-state index in [1.807, 2.05) is 17.2 Å². The van der Waals surface area contributed by atoms with Gasteiger partial charge in [0.2, 0.25) is 5.13 Å². The molecule has 3 aromatic rings. The summed E-state index contributed by atoms with van der Waals surface area (Å²) >= 11 is 1.12. The third-order valence-corrected chi connectivity index (χ3v) is 6.96. The molecule has 1 saturated heterocycles. The normalized spacial score (nSPS) is 23.4. The molecule has 2 N–H and O–H groups in total. The maximum absolute atomic E-state index is 12.7. The highest BCUT2D eigenvalue weighted by atomic mass is 32.1. The average molecular weight is 429 g/mol. The van der Waals surface area contributed by atoms with E-state index in [4.69, 9.17) is 4.74 Å². The van der Waals surface area contributed by atoms with Crippen molar-refractivity contribution < 1.29 is 9.53 Å². The number of carbonyl (C=O) groups is 1. The van der Waals surface area contributed by atoms with Crippen molar-refractivity contribution in [1.82, 2.24) is 29.2 Å². The highest BCUT2D eigenvalue weighted by Gasteiger charge is 2.41. The number of nitrogens with zero attached hydrogens (tertiary/aromatic N) is 6. The largest absolute Gasteiger partial charge is 0.466 e. The Morgan fingerprint density at radius 1 is 1.37 bits per heavy atom. The summed E-state index contributed by atoms with van der Waals surface area (Å²) in [5, 5.41) is 4.35. The van der Waals surface area contributed by atoms with Crippen LogP contribution in [0.1, 0.15) is 19.3 Å². The smallest absolute Gasteiger partial charge is 0.329 e. The lowest BCUT2D eigenvalue weighted by atomic mass is 9.89. The molecule has 0 bridgehead atoms. The first-order chi connectivity index (χ1) is 14.6. The number of ether oxygens (including phenoxy) is 1. The molecule has 2 aliphatic rings. The first-order valence-electron chi connectivity index (χ1n) is 10.1. The van der Waals surface area contributed by atoms with Crippen molar-refractivity contribution in [3.05, 3.63) is 18.6 Å². The number of fused-ring (bicyclic) bond motifs is 2. The van der Waals surface area contributed by atoms with E-state index in [-0.39, 0.29) is 12.0 Å². The molecule has 3 aromatic heterocycles. The van der Waals surface area contributed by atoms with Gasteiger partial charge in [0.05, 0.1) is 12.5 Å². The predicted molar refractivity (Wildman–Crippen MR) is 114 cm³/mol. The van der Waals surface area contributed by atoms with Gasteiger partial charge >= 0.3 is 12.0 Å². The highest BCUT2D eigenvalue weighted by Crippen LogP contribution is 2.41. The molecule has 2 fully saturated rings. The summed E-state index contributed by atoms with van der Waals surface area (Å²) in [6.45, 7) is 1.52. The minimum absolute atomic E-state index is 0.117. The average Bonchev–Trinajstić information content (AvgIpc) is 3.50. The Hall–Kier alpha value is -2.95. The first kappa shape index (κ1) is 19.0. The van der Waals surface area contributed by atoms with Crippen LogP contribution in [0.3, 0.4) is 0 Å². The van der Waals surface area contributed by atoms with Crippen LogP contribution >= 0.6 is 11.5 Å². The molecule has 0 spiro atoms. The van der Waals surface area contributed by atoms with E-state index in [0.717, 1.165) is 60.7 Å². The third kappa shape index (κ3) is 3.42. The van der Waals surface area contributed by atoms with Gasteiger partial charge in [-0.1, -0.05) is 0 Å². The number of urea groups is 1. The minimum Gasteiger partial charge on any atom is -0.466 e. The van der Waals surface area contributed by atoms with Crippen LogP contribution in [0.15, 0.2) is 18.6 Å². The Morgan fingerprint density at radius 2 is 2.23 bits per heavy atom. The second-order valence-electron chi connectivity index (χ2n) is 7.94. The lowest BCUT2D eigenvalue weighted by Gasteiger charge is -2.34. The summed E-state index contributed by atoms with van der Waals surface area (Å²) in [5.41, 5.74) is 0.860. The maximum atomic E-state index is 12.7. The molecule has 11 heteroatoms. The maximum Gasteiger partial charge on any atom is 0.329 e. The fraction of sp³-hybridized carbons (Fsp3) is 0.526. The van der Waals surface area contributed by atoms with Crippen LogP contribution in [0.5, 0.6) is 6.01 Å². The van der Waals surface area contributed by atoms with Gasteiger partial charge in [0.15, 0.2) is 0 Å². The van der Waals surface area contributed by atoms with E-state index < -0.39 is 0 Å². The highest BCUT2D eigenvalue weighted by molar-refractivity contribution is 7.10.